The second-order valence-corrected chi connectivity index (χ2v) is 36.0. The Hall–Kier alpha value is -8.58. The van der Waals surface area contributed by atoms with Gasteiger partial charge < -0.3 is 24.4 Å². The normalized spacial score (nSPS) is 27.5. The summed E-state index contributed by atoms with van der Waals surface area (Å²) < 4.78 is 175. The van der Waals surface area contributed by atoms with Gasteiger partial charge in [0.05, 0.1) is 78.7 Å². The number of benzene rings is 4. The van der Waals surface area contributed by atoms with Crippen molar-refractivity contribution in [2.45, 2.75) is 228 Å². The fourth-order valence-corrected chi connectivity index (χ4v) is 18.1. The van der Waals surface area contributed by atoms with E-state index in [1.165, 1.54) is 9.80 Å². The molecule has 111 heavy (non-hydrogen) atoms. The summed E-state index contributed by atoms with van der Waals surface area (Å²) in [6.45, 7) is 8.18. The topological polar surface area (TPSA) is 290 Å². The Labute approximate surface area is 639 Å². The van der Waals surface area contributed by atoms with Crippen LogP contribution in [0.2, 0.25) is 0 Å². The molecule has 2 saturated heterocycles. The van der Waals surface area contributed by atoms with Gasteiger partial charge in [-0.25, -0.2) is 30.8 Å². The summed E-state index contributed by atoms with van der Waals surface area (Å²) in [6, 6.07) is 18.1. The van der Waals surface area contributed by atoms with Crippen molar-refractivity contribution in [3.8, 4) is 12.0 Å². The standard InChI is InChI=1S/C40H46F4N4O6S.C36H39F4N3O5.C4H9NO2S/c1-3-47-32-14-10-9-13-31(32)45-37(47)54-30-21-33-34(49)23-39(36(51)46-55(52,53)38(2)15-16-38)22-27(39)12-8-6-4-5-7-11-26(35(50)48(33)24-30)17-25-18-28(40(42,43)44)20-29(41)19-25;1-2-42-29-13-9-8-12-28(29)41-34(42)48-27-18-30-31(44)20-35(33(46)47)19-24(35)11-7-5-3-4-6-10-23(32(45)43(30)21-27)14-22-15-25(36(38,39)40)17-26(37)16-22;1-4(2-3-4)8(5,6)7/h8-10,12-14,18-20,26-27,30,33H,3-7,11,15-17,21-24H2,1-2H3,(H,46,51);7-9,11-13,15-17,23-24,27,30H,2-6,10,14,18-21H2,1H3,(H,46,47);2-3H2,1H3,(H2,5,6,7)/b12-8-;11-7-;/t26-,27-,30-,33+,39-;23-,24-,27-,30+,35-;/m11./s1. The van der Waals surface area contributed by atoms with Crippen LogP contribution < -0.4 is 19.3 Å². The smallest absolute Gasteiger partial charge is 0.416 e. The highest BCUT2D eigenvalue weighted by Gasteiger charge is 2.64. The van der Waals surface area contributed by atoms with Crippen molar-refractivity contribution < 1.29 is 95.3 Å². The number of nitrogens with zero attached hydrogens (tertiary/aromatic N) is 6. The van der Waals surface area contributed by atoms with E-state index in [2.05, 4.69) is 14.7 Å². The van der Waals surface area contributed by atoms with Gasteiger partial charge in [0, 0.05) is 50.6 Å². The number of aliphatic carboxylic acids is 1. The first-order valence-electron chi connectivity index (χ1n) is 38.2. The van der Waals surface area contributed by atoms with Crippen molar-refractivity contribution >= 4 is 77.4 Å². The number of primary sulfonamides is 1. The molecule has 4 N–H and O–H groups in total. The lowest BCUT2D eigenvalue weighted by Crippen LogP contribution is -2.47. The third-order valence-corrected chi connectivity index (χ3v) is 27.6. The Bertz CT molecular complexity index is 4840. The summed E-state index contributed by atoms with van der Waals surface area (Å²) in [7, 11) is -7.23. The number of Topliss-reactive ketones (excluding diaryl/α,β-unsaturated/α-hetero) is 2. The number of nitrogens with two attached hydrogens (primary N) is 1. The molecule has 14 rings (SSSR count). The lowest BCUT2D eigenvalue weighted by molar-refractivity contribution is -0.147. The Morgan fingerprint density at radius 2 is 1.01 bits per heavy atom. The van der Waals surface area contributed by atoms with Crippen LogP contribution in [0.1, 0.15) is 178 Å². The first kappa shape index (κ1) is 81.9. The minimum atomic E-state index is -4.79. The van der Waals surface area contributed by atoms with Crippen LogP contribution in [0.3, 0.4) is 0 Å². The summed E-state index contributed by atoms with van der Waals surface area (Å²) in [5.74, 6) is -8.03. The largest absolute Gasteiger partial charge is 0.481 e. The predicted octanol–water partition coefficient (Wildman–Crippen LogP) is 13.7. The lowest BCUT2D eigenvalue weighted by Gasteiger charge is -2.29. The van der Waals surface area contributed by atoms with Gasteiger partial charge in [-0.15, -0.1) is 0 Å². The van der Waals surface area contributed by atoms with E-state index < -0.39 is 147 Å². The molecule has 0 spiro atoms. The second-order valence-electron chi connectivity index (χ2n) is 31.7. The fraction of sp³-hybridized carbons (Fsp3) is 0.550. The molecule has 0 unspecified atom stereocenters. The molecule has 6 heterocycles. The van der Waals surface area contributed by atoms with Crippen LogP contribution in [0, 0.1) is 46.1 Å². The zero-order valence-corrected chi connectivity index (χ0v) is 64.0. The van der Waals surface area contributed by atoms with Crippen LogP contribution in [-0.4, -0.2) is 133 Å². The van der Waals surface area contributed by atoms with Gasteiger partial charge in [-0.3, -0.25) is 42.6 Å². The second kappa shape index (κ2) is 32.1. The molecule has 0 radical (unpaired) electrons. The Morgan fingerprint density at radius 1 is 0.595 bits per heavy atom. The van der Waals surface area contributed by atoms with Crippen LogP contribution >= 0.6 is 0 Å². The highest BCUT2D eigenvalue weighted by Crippen LogP contribution is 2.59. The van der Waals surface area contributed by atoms with Crippen LogP contribution in [-0.2, 0) is 87.1 Å². The average molecular weight is 1590 g/mol. The third kappa shape index (κ3) is 18.2. The van der Waals surface area contributed by atoms with E-state index >= 15 is 0 Å². The van der Waals surface area contributed by atoms with Crippen molar-refractivity contribution in [3.05, 3.63) is 143 Å². The molecule has 3 amide bonds. The molecule has 10 atom stereocenters. The molecule has 31 heteroatoms. The zero-order valence-electron chi connectivity index (χ0n) is 62.3. The average Bonchev–Trinajstić information content (AvgIpc) is 1.56. The van der Waals surface area contributed by atoms with Gasteiger partial charge in [-0.05, 0) is 201 Å². The van der Waals surface area contributed by atoms with E-state index in [-0.39, 0.29) is 81.0 Å². The molecular formula is C80H94F8N8O13S2. The number of allylic oxidation sites excluding steroid dienone is 4. The van der Waals surface area contributed by atoms with E-state index in [0.717, 1.165) is 72.9 Å². The number of carbonyl (C=O) groups is 6. The predicted molar refractivity (Wildman–Crippen MR) is 395 cm³/mol. The number of hydrogen-bond acceptors (Lipinski definition) is 14. The Morgan fingerprint density at radius 3 is 1.41 bits per heavy atom. The molecule has 2 aromatic heterocycles. The zero-order chi connectivity index (χ0) is 80.0. The van der Waals surface area contributed by atoms with E-state index in [4.69, 9.17) is 14.6 Å². The molecule has 4 aliphatic carbocycles. The van der Waals surface area contributed by atoms with Gasteiger partial charge in [0.2, 0.25) is 37.8 Å². The van der Waals surface area contributed by atoms with E-state index in [1.54, 1.807) is 13.8 Å². The molecule has 4 aromatic carbocycles. The third-order valence-electron chi connectivity index (χ3n) is 23.7. The van der Waals surface area contributed by atoms with Gasteiger partial charge in [0.25, 0.3) is 12.0 Å². The number of carboxylic acid groups (broad SMARTS) is 1. The Balaban J connectivity index is 0.000000188. The summed E-state index contributed by atoms with van der Waals surface area (Å²) >= 11 is 0. The number of ether oxygens (including phenoxy) is 2. The van der Waals surface area contributed by atoms with E-state index in [0.29, 0.717) is 107 Å². The molecule has 0 bridgehead atoms. The number of carbonyl (C=O) groups excluding carboxylic acids is 5. The quantitative estimate of drug-likeness (QED) is 0.0636. The van der Waals surface area contributed by atoms with Crippen molar-refractivity contribution in [2.75, 3.05) is 13.1 Å². The maximum atomic E-state index is 14.7. The molecule has 8 aliphatic rings. The fourth-order valence-electron chi connectivity index (χ4n) is 16.1. The van der Waals surface area contributed by atoms with Crippen molar-refractivity contribution in [1.82, 2.24) is 33.6 Å². The van der Waals surface area contributed by atoms with Gasteiger partial charge in [0.1, 0.15) is 23.8 Å². The molecule has 21 nitrogen and oxygen atoms in total. The maximum absolute atomic E-state index is 14.7. The number of carboxylic acids is 1. The van der Waals surface area contributed by atoms with Crippen LogP contribution in [0.5, 0.6) is 12.0 Å². The minimum absolute atomic E-state index is 0.0129. The number of aromatic nitrogens is 4. The number of nitrogens with one attached hydrogen (secondary N) is 1. The molecule has 6 aromatic rings. The van der Waals surface area contributed by atoms with Gasteiger partial charge in [0.15, 0.2) is 11.6 Å². The van der Waals surface area contributed by atoms with Gasteiger partial charge >= 0.3 is 18.3 Å². The van der Waals surface area contributed by atoms with E-state index in [1.807, 2.05) is 95.8 Å². The first-order chi connectivity index (χ1) is 52.4. The highest BCUT2D eigenvalue weighted by atomic mass is 32.2. The van der Waals surface area contributed by atoms with Crippen molar-refractivity contribution in [3.63, 3.8) is 0 Å². The summed E-state index contributed by atoms with van der Waals surface area (Å²) in [6.07, 6.45) is 4.95. The SMILES string of the molecule is CC1(S(N)(=O)=O)CC1.CCn1c(O[C@@H]2C[C@H]3C(=O)C[C@]4(C(=O)NS(=O)(=O)C5(C)CC5)C[C@H]4/C=C\CCCCC[C@H](Cc4cc(F)cc(C(F)(F)F)c4)C(=O)N3C2)nc2ccccc21.CCn1c(O[C@@H]2C[C@H]3C(=O)C[C@]4(C(=O)O)C[C@H]4/C=C\CCCCC[C@H](Cc4cc(F)cc(C(F)(F)F)c4)C(=O)N3C2)nc2ccccc21. The number of imidazole rings is 2. The summed E-state index contributed by atoms with van der Waals surface area (Å²) in [5.41, 5.74) is -1.68. The minimum Gasteiger partial charge on any atom is -0.481 e. The van der Waals surface area contributed by atoms with E-state index in [9.17, 15) is 85.8 Å². The number of ketones is 2. The summed E-state index contributed by atoms with van der Waals surface area (Å²) in [4.78, 5) is 96.0. The molecule has 600 valence electrons. The lowest BCUT2D eigenvalue weighted by atomic mass is 9.89. The number of rotatable bonds is 15. The molecule has 4 saturated carbocycles. The number of hydrogen-bond donors (Lipinski definition) is 3. The number of aryl methyl sites for hydroxylation is 2. The number of fused-ring (bicyclic) bond motifs is 6. The van der Waals surface area contributed by atoms with Crippen LogP contribution in [0.15, 0.2) is 109 Å². The number of para-hydroxylation sites is 4. The summed E-state index contributed by atoms with van der Waals surface area (Å²) in [5, 5.41) is 15.0. The number of sulfonamides is 2. The first-order valence-corrected chi connectivity index (χ1v) is 41.2. The van der Waals surface area contributed by atoms with Gasteiger partial charge in [-0.2, -0.15) is 36.3 Å². The van der Waals surface area contributed by atoms with Crippen LogP contribution in [0.4, 0.5) is 35.1 Å². The Kier molecular flexibility index (Phi) is 23.7. The maximum Gasteiger partial charge on any atom is 0.416 e. The van der Waals surface area contributed by atoms with Crippen LogP contribution in [0.25, 0.3) is 22.1 Å². The monoisotopic (exact) mass is 1590 g/mol. The number of halogens is 8. The van der Waals surface area contributed by atoms with Crippen molar-refractivity contribution in [1.29, 1.82) is 0 Å². The van der Waals surface area contributed by atoms with Gasteiger partial charge in [-0.1, -0.05) is 74.3 Å². The van der Waals surface area contributed by atoms with Crippen molar-refractivity contribution in [2.24, 2.45) is 39.6 Å². The molecule has 6 fully saturated rings. The number of amides is 3. The molecular weight excluding hydrogens is 1500 g/mol. The highest BCUT2D eigenvalue weighted by molar-refractivity contribution is 7.91. The number of alkyl halides is 6. The molecule has 4 aliphatic heterocycles.